The molecule has 1 aliphatic heterocycles. The summed E-state index contributed by atoms with van der Waals surface area (Å²) in [5.74, 6) is 0. The van der Waals surface area contributed by atoms with Gasteiger partial charge in [-0.25, -0.2) is 0 Å². The van der Waals surface area contributed by atoms with Gasteiger partial charge < -0.3 is 5.11 Å². The van der Waals surface area contributed by atoms with E-state index in [0.717, 1.165) is 19.5 Å². The molecule has 0 amide bonds. The van der Waals surface area contributed by atoms with Crippen LogP contribution in [0, 0.1) is 0 Å². The summed E-state index contributed by atoms with van der Waals surface area (Å²) in [6, 6.07) is 10.8. The minimum atomic E-state index is -0.212. The van der Waals surface area contributed by atoms with Crippen LogP contribution in [0.1, 0.15) is 25.3 Å². The van der Waals surface area contributed by atoms with E-state index in [1.807, 2.05) is 13.0 Å². The lowest BCUT2D eigenvalue weighted by atomic mass is 10.1. The standard InChI is InChI=1S/C13H19NO/c1-11(15)13-8-5-9-14(13)10-12-6-3-2-4-7-12/h2-4,6-7,11,13,15H,5,8-10H2,1H3/t11-,13?/m0/s1. The lowest BCUT2D eigenvalue weighted by Gasteiger charge is -2.26. The molecule has 1 fully saturated rings. The van der Waals surface area contributed by atoms with Gasteiger partial charge in [0, 0.05) is 12.6 Å². The first kappa shape index (κ1) is 10.7. The van der Waals surface area contributed by atoms with Crippen LogP contribution < -0.4 is 0 Å². The van der Waals surface area contributed by atoms with Crippen LogP contribution in [0.25, 0.3) is 0 Å². The van der Waals surface area contributed by atoms with Crippen molar-refractivity contribution in [3.05, 3.63) is 35.9 Å². The Morgan fingerprint density at radius 2 is 2.13 bits per heavy atom. The molecule has 0 radical (unpaired) electrons. The molecule has 1 unspecified atom stereocenters. The van der Waals surface area contributed by atoms with Gasteiger partial charge in [-0.05, 0) is 31.9 Å². The zero-order chi connectivity index (χ0) is 10.7. The van der Waals surface area contributed by atoms with Crippen molar-refractivity contribution >= 4 is 0 Å². The molecule has 15 heavy (non-hydrogen) atoms. The Hall–Kier alpha value is -0.860. The van der Waals surface area contributed by atoms with Crippen molar-refractivity contribution in [2.75, 3.05) is 6.54 Å². The van der Waals surface area contributed by atoms with Crippen molar-refractivity contribution in [2.24, 2.45) is 0 Å². The topological polar surface area (TPSA) is 23.5 Å². The molecule has 0 saturated carbocycles. The van der Waals surface area contributed by atoms with E-state index in [9.17, 15) is 5.11 Å². The molecule has 82 valence electrons. The first-order valence-electron chi connectivity index (χ1n) is 5.73. The van der Waals surface area contributed by atoms with Gasteiger partial charge in [-0.15, -0.1) is 0 Å². The summed E-state index contributed by atoms with van der Waals surface area (Å²) in [6.07, 6.45) is 2.13. The van der Waals surface area contributed by atoms with Gasteiger partial charge in [-0.1, -0.05) is 30.3 Å². The van der Waals surface area contributed by atoms with Crippen molar-refractivity contribution in [3.8, 4) is 0 Å². The van der Waals surface area contributed by atoms with Gasteiger partial charge in [-0.2, -0.15) is 0 Å². The SMILES string of the molecule is C[C@H](O)C1CCCN1Cc1ccccc1. The second-order valence-corrected chi connectivity index (χ2v) is 4.41. The Morgan fingerprint density at radius 3 is 2.80 bits per heavy atom. The minimum Gasteiger partial charge on any atom is -0.392 e. The van der Waals surface area contributed by atoms with E-state index in [4.69, 9.17) is 0 Å². The van der Waals surface area contributed by atoms with Crippen LogP contribution in [0.2, 0.25) is 0 Å². The molecular formula is C13H19NO. The van der Waals surface area contributed by atoms with E-state index >= 15 is 0 Å². The zero-order valence-corrected chi connectivity index (χ0v) is 9.26. The van der Waals surface area contributed by atoms with Gasteiger partial charge >= 0.3 is 0 Å². The van der Waals surface area contributed by atoms with Crippen LogP contribution in [-0.4, -0.2) is 28.7 Å². The van der Waals surface area contributed by atoms with Crippen LogP contribution in [0.5, 0.6) is 0 Å². The summed E-state index contributed by atoms with van der Waals surface area (Å²) in [6.45, 7) is 3.98. The fraction of sp³-hybridized carbons (Fsp3) is 0.538. The van der Waals surface area contributed by atoms with Crippen LogP contribution in [0.4, 0.5) is 0 Å². The minimum absolute atomic E-state index is 0.212. The third-order valence-electron chi connectivity index (χ3n) is 3.20. The van der Waals surface area contributed by atoms with Crippen LogP contribution >= 0.6 is 0 Å². The maximum Gasteiger partial charge on any atom is 0.0667 e. The summed E-state index contributed by atoms with van der Waals surface area (Å²) in [5.41, 5.74) is 1.34. The van der Waals surface area contributed by atoms with E-state index in [2.05, 4.69) is 29.2 Å². The summed E-state index contributed by atoms with van der Waals surface area (Å²) < 4.78 is 0. The summed E-state index contributed by atoms with van der Waals surface area (Å²) >= 11 is 0. The molecule has 1 saturated heterocycles. The Bertz CT molecular complexity index is 297. The monoisotopic (exact) mass is 205 g/mol. The Labute approximate surface area is 91.5 Å². The first-order valence-corrected chi connectivity index (χ1v) is 5.73. The first-order chi connectivity index (χ1) is 7.27. The highest BCUT2D eigenvalue weighted by Gasteiger charge is 2.27. The highest BCUT2D eigenvalue weighted by molar-refractivity contribution is 5.14. The molecule has 1 aromatic rings. The van der Waals surface area contributed by atoms with Crippen molar-refractivity contribution in [1.82, 2.24) is 4.90 Å². The zero-order valence-electron chi connectivity index (χ0n) is 9.26. The van der Waals surface area contributed by atoms with Crippen LogP contribution in [0.3, 0.4) is 0 Å². The second kappa shape index (κ2) is 4.77. The van der Waals surface area contributed by atoms with E-state index in [0.29, 0.717) is 6.04 Å². The molecule has 0 aromatic heterocycles. The molecule has 2 atom stereocenters. The van der Waals surface area contributed by atoms with Crippen molar-refractivity contribution < 1.29 is 5.11 Å². The largest absolute Gasteiger partial charge is 0.392 e. The fourth-order valence-electron chi connectivity index (χ4n) is 2.41. The predicted octanol–water partition coefficient (Wildman–Crippen LogP) is 2.03. The fourth-order valence-corrected chi connectivity index (χ4v) is 2.41. The number of hydrogen-bond donors (Lipinski definition) is 1. The number of aliphatic hydroxyl groups excluding tert-OH is 1. The quantitative estimate of drug-likeness (QED) is 0.816. The third kappa shape index (κ3) is 2.58. The second-order valence-electron chi connectivity index (χ2n) is 4.41. The average molecular weight is 205 g/mol. The van der Waals surface area contributed by atoms with Crippen LogP contribution in [-0.2, 0) is 6.54 Å². The molecule has 2 heteroatoms. The van der Waals surface area contributed by atoms with Gasteiger partial charge in [0.05, 0.1) is 6.10 Å². The van der Waals surface area contributed by atoms with Gasteiger partial charge in [0.25, 0.3) is 0 Å². The van der Waals surface area contributed by atoms with Gasteiger partial charge in [0.1, 0.15) is 0 Å². The summed E-state index contributed by atoms with van der Waals surface area (Å²) in [5, 5.41) is 9.66. The van der Waals surface area contributed by atoms with E-state index < -0.39 is 0 Å². The lowest BCUT2D eigenvalue weighted by Crippen LogP contribution is -2.36. The number of benzene rings is 1. The third-order valence-corrected chi connectivity index (χ3v) is 3.20. The molecule has 1 N–H and O–H groups in total. The maximum absolute atomic E-state index is 9.66. The molecule has 2 nitrogen and oxygen atoms in total. The molecule has 1 aromatic carbocycles. The molecule has 1 heterocycles. The number of hydrogen-bond acceptors (Lipinski definition) is 2. The van der Waals surface area contributed by atoms with Crippen molar-refractivity contribution in [2.45, 2.75) is 38.5 Å². The average Bonchev–Trinajstić information content (AvgIpc) is 2.67. The molecule has 0 spiro atoms. The maximum atomic E-state index is 9.66. The number of nitrogens with zero attached hydrogens (tertiary/aromatic N) is 1. The van der Waals surface area contributed by atoms with E-state index in [-0.39, 0.29) is 6.10 Å². The molecule has 2 rings (SSSR count). The summed E-state index contributed by atoms with van der Waals surface area (Å²) in [4.78, 5) is 2.39. The summed E-state index contributed by atoms with van der Waals surface area (Å²) in [7, 11) is 0. The molecular weight excluding hydrogens is 186 g/mol. The molecule has 1 aliphatic rings. The number of likely N-dealkylation sites (tertiary alicyclic amines) is 1. The van der Waals surface area contributed by atoms with Crippen molar-refractivity contribution in [3.63, 3.8) is 0 Å². The predicted molar refractivity (Wildman–Crippen MR) is 61.6 cm³/mol. The molecule has 0 aliphatic carbocycles. The Kier molecular flexibility index (Phi) is 3.39. The lowest BCUT2D eigenvalue weighted by molar-refractivity contribution is 0.0828. The van der Waals surface area contributed by atoms with E-state index in [1.165, 1.54) is 12.0 Å². The number of aliphatic hydroxyl groups is 1. The van der Waals surface area contributed by atoms with Gasteiger partial charge in [-0.3, -0.25) is 4.90 Å². The Morgan fingerprint density at radius 1 is 1.40 bits per heavy atom. The highest BCUT2D eigenvalue weighted by atomic mass is 16.3. The normalized spacial score (nSPS) is 24.3. The molecule has 0 bridgehead atoms. The van der Waals surface area contributed by atoms with Gasteiger partial charge in [0.15, 0.2) is 0 Å². The van der Waals surface area contributed by atoms with Gasteiger partial charge in [0.2, 0.25) is 0 Å². The highest BCUT2D eigenvalue weighted by Crippen LogP contribution is 2.22. The van der Waals surface area contributed by atoms with Crippen LogP contribution in [0.15, 0.2) is 30.3 Å². The van der Waals surface area contributed by atoms with E-state index in [1.54, 1.807) is 0 Å². The smallest absolute Gasteiger partial charge is 0.0667 e. The van der Waals surface area contributed by atoms with Crippen molar-refractivity contribution in [1.29, 1.82) is 0 Å². The number of rotatable bonds is 3. The Balaban J connectivity index is 2.00.